The van der Waals surface area contributed by atoms with Crippen molar-refractivity contribution >= 4 is 23.8 Å². The van der Waals surface area contributed by atoms with Crippen LogP contribution in [0.4, 0.5) is 4.79 Å². The van der Waals surface area contributed by atoms with E-state index < -0.39 is 12.0 Å². The van der Waals surface area contributed by atoms with Gasteiger partial charge in [-0.1, -0.05) is 30.3 Å². The molecule has 21 heavy (non-hydrogen) atoms. The van der Waals surface area contributed by atoms with Crippen LogP contribution in [0, 0.1) is 0 Å². The van der Waals surface area contributed by atoms with Crippen LogP contribution in [-0.4, -0.2) is 52.6 Å². The SMILES string of the molecule is O=C(O)[C@H](CCc1ccccc1)NC(=O)N1CCSCC1. The Morgan fingerprint density at radius 3 is 2.52 bits per heavy atom. The van der Waals surface area contributed by atoms with Crippen LogP contribution in [0.1, 0.15) is 12.0 Å². The Labute approximate surface area is 128 Å². The number of thioether (sulfide) groups is 1. The zero-order valence-corrected chi connectivity index (χ0v) is 12.6. The summed E-state index contributed by atoms with van der Waals surface area (Å²) in [6, 6.07) is 8.59. The van der Waals surface area contributed by atoms with Crippen LogP contribution in [0.5, 0.6) is 0 Å². The second-order valence-electron chi connectivity index (χ2n) is 4.96. The van der Waals surface area contributed by atoms with Crippen molar-refractivity contribution < 1.29 is 14.7 Å². The lowest BCUT2D eigenvalue weighted by Gasteiger charge is -2.28. The van der Waals surface area contributed by atoms with Crippen LogP contribution in [0.25, 0.3) is 0 Å². The summed E-state index contributed by atoms with van der Waals surface area (Å²) >= 11 is 1.81. The van der Waals surface area contributed by atoms with Gasteiger partial charge in [0.2, 0.25) is 0 Å². The number of carbonyl (C=O) groups is 2. The fourth-order valence-corrected chi connectivity index (χ4v) is 3.12. The Morgan fingerprint density at radius 2 is 1.90 bits per heavy atom. The molecule has 5 nitrogen and oxygen atoms in total. The second kappa shape index (κ2) is 7.93. The molecule has 0 saturated carbocycles. The molecular formula is C15H20N2O3S. The van der Waals surface area contributed by atoms with Crippen molar-refractivity contribution in [3.8, 4) is 0 Å². The van der Waals surface area contributed by atoms with E-state index in [9.17, 15) is 14.7 Å². The third-order valence-corrected chi connectivity index (χ3v) is 4.40. The van der Waals surface area contributed by atoms with E-state index in [0.717, 1.165) is 17.1 Å². The predicted molar refractivity (Wildman–Crippen MR) is 83.6 cm³/mol. The number of aryl methyl sites for hydroxylation is 1. The Balaban J connectivity index is 1.86. The maximum absolute atomic E-state index is 12.1. The zero-order valence-electron chi connectivity index (χ0n) is 11.8. The molecule has 0 radical (unpaired) electrons. The summed E-state index contributed by atoms with van der Waals surface area (Å²) in [4.78, 5) is 25.1. The summed E-state index contributed by atoms with van der Waals surface area (Å²) in [6.07, 6.45) is 1.03. The number of hydrogen-bond acceptors (Lipinski definition) is 3. The molecule has 0 spiro atoms. The molecule has 2 N–H and O–H groups in total. The molecular weight excluding hydrogens is 288 g/mol. The number of hydrogen-bond donors (Lipinski definition) is 2. The van der Waals surface area contributed by atoms with E-state index in [2.05, 4.69) is 5.32 Å². The highest BCUT2D eigenvalue weighted by Gasteiger charge is 2.23. The first kappa shape index (κ1) is 15.7. The van der Waals surface area contributed by atoms with Gasteiger partial charge in [0, 0.05) is 24.6 Å². The van der Waals surface area contributed by atoms with Gasteiger partial charge in [-0.3, -0.25) is 0 Å². The number of amides is 2. The topological polar surface area (TPSA) is 69.6 Å². The van der Waals surface area contributed by atoms with E-state index in [1.54, 1.807) is 4.90 Å². The Bertz CT molecular complexity index is 475. The zero-order chi connectivity index (χ0) is 15.1. The first-order chi connectivity index (χ1) is 10.2. The lowest BCUT2D eigenvalue weighted by Crippen LogP contribution is -2.50. The molecule has 114 valence electrons. The van der Waals surface area contributed by atoms with Crippen LogP contribution in [0.3, 0.4) is 0 Å². The minimum atomic E-state index is -0.981. The molecule has 1 saturated heterocycles. The van der Waals surface area contributed by atoms with Crippen molar-refractivity contribution in [2.75, 3.05) is 24.6 Å². The summed E-state index contributed by atoms with van der Waals surface area (Å²) in [7, 11) is 0. The average Bonchev–Trinajstić information content (AvgIpc) is 2.52. The fraction of sp³-hybridized carbons (Fsp3) is 0.467. The van der Waals surface area contributed by atoms with Gasteiger partial charge in [0.15, 0.2) is 0 Å². The van der Waals surface area contributed by atoms with E-state index in [1.807, 2.05) is 42.1 Å². The van der Waals surface area contributed by atoms with Crippen LogP contribution >= 0.6 is 11.8 Å². The smallest absolute Gasteiger partial charge is 0.326 e. The highest BCUT2D eigenvalue weighted by Crippen LogP contribution is 2.10. The van der Waals surface area contributed by atoms with Gasteiger partial charge < -0.3 is 15.3 Å². The number of benzene rings is 1. The van der Waals surface area contributed by atoms with Crippen molar-refractivity contribution in [3.63, 3.8) is 0 Å². The number of aliphatic carboxylic acids is 1. The molecule has 0 unspecified atom stereocenters. The number of carbonyl (C=O) groups excluding carboxylic acids is 1. The Morgan fingerprint density at radius 1 is 1.24 bits per heavy atom. The van der Waals surface area contributed by atoms with Gasteiger partial charge in [0.05, 0.1) is 0 Å². The highest BCUT2D eigenvalue weighted by atomic mass is 32.2. The second-order valence-corrected chi connectivity index (χ2v) is 6.19. The molecule has 1 heterocycles. The molecule has 0 bridgehead atoms. The third-order valence-electron chi connectivity index (χ3n) is 3.46. The van der Waals surface area contributed by atoms with Gasteiger partial charge in [-0.2, -0.15) is 11.8 Å². The summed E-state index contributed by atoms with van der Waals surface area (Å²) in [6.45, 7) is 1.36. The molecule has 1 aromatic carbocycles. The van der Waals surface area contributed by atoms with Crippen LogP contribution in [-0.2, 0) is 11.2 Å². The molecule has 1 aromatic rings. The molecule has 6 heteroatoms. The van der Waals surface area contributed by atoms with E-state index in [1.165, 1.54) is 0 Å². The normalized spacial score (nSPS) is 16.3. The molecule has 1 fully saturated rings. The number of nitrogens with one attached hydrogen (secondary N) is 1. The van der Waals surface area contributed by atoms with E-state index in [4.69, 9.17) is 0 Å². The van der Waals surface area contributed by atoms with Crippen LogP contribution < -0.4 is 5.32 Å². The number of rotatable bonds is 5. The molecule has 0 aliphatic carbocycles. The van der Waals surface area contributed by atoms with Gasteiger partial charge in [-0.05, 0) is 18.4 Å². The molecule has 0 aromatic heterocycles. The third kappa shape index (κ3) is 4.97. The van der Waals surface area contributed by atoms with Crippen molar-refractivity contribution in [1.29, 1.82) is 0 Å². The summed E-state index contributed by atoms with van der Waals surface area (Å²) in [5, 5.41) is 11.9. The molecule has 1 aliphatic heterocycles. The monoisotopic (exact) mass is 308 g/mol. The molecule has 1 atom stereocenters. The molecule has 1 aliphatic rings. The summed E-state index contributed by atoms with van der Waals surface area (Å²) in [5.74, 6) is 0.843. The summed E-state index contributed by atoms with van der Waals surface area (Å²) in [5.41, 5.74) is 1.08. The van der Waals surface area contributed by atoms with Crippen molar-refractivity contribution in [3.05, 3.63) is 35.9 Å². The first-order valence-electron chi connectivity index (χ1n) is 7.07. The lowest BCUT2D eigenvalue weighted by atomic mass is 10.1. The minimum Gasteiger partial charge on any atom is -0.480 e. The van der Waals surface area contributed by atoms with Gasteiger partial charge in [0.25, 0.3) is 0 Å². The largest absolute Gasteiger partial charge is 0.480 e. The predicted octanol–water partition coefficient (Wildman–Crippen LogP) is 1.83. The number of nitrogens with zero attached hydrogens (tertiary/aromatic N) is 1. The Kier molecular flexibility index (Phi) is 5.92. The number of urea groups is 1. The lowest BCUT2D eigenvalue weighted by molar-refractivity contribution is -0.139. The number of carboxylic acid groups (broad SMARTS) is 1. The highest BCUT2D eigenvalue weighted by molar-refractivity contribution is 7.99. The van der Waals surface area contributed by atoms with Gasteiger partial charge >= 0.3 is 12.0 Å². The van der Waals surface area contributed by atoms with Crippen molar-refractivity contribution in [1.82, 2.24) is 10.2 Å². The molecule has 2 amide bonds. The summed E-state index contributed by atoms with van der Waals surface area (Å²) < 4.78 is 0. The van der Waals surface area contributed by atoms with E-state index in [0.29, 0.717) is 25.9 Å². The van der Waals surface area contributed by atoms with Crippen molar-refractivity contribution in [2.45, 2.75) is 18.9 Å². The first-order valence-corrected chi connectivity index (χ1v) is 8.22. The fourth-order valence-electron chi connectivity index (χ4n) is 2.22. The van der Waals surface area contributed by atoms with Crippen molar-refractivity contribution in [2.24, 2.45) is 0 Å². The van der Waals surface area contributed by atoms with E-state index in [-0.39, 0.29) is 6.03 Å². The quantitative estimate of drug-likeness (QED) is 0.871. The maximum Gasteiger partial charge on any atom is 0.326 e. The standard InChI is InChI=1S/C15H20N2O3S/c18-14(19)13(7-6-12-4-2-1-3-5-12)16-15(20)17-8-10-21-11-9-17/h1-5,13H,6-11H2,(H,16,20)(H,18,19)/t13-/m0/s1. The minimum absolute atomic E-state index is 0.268. The van der Waals surface area contributed by atoms with E-state index >= 15 is 0 Å². The van der Waals surface area contributed by atoms with Gasteiger partial charge in [0.1, 0.15) is 6.04 Å². The van der Waals surface area contributed by atoms with Crippen LogP contribution in [0.15, 0.2) is 30.3 Å². The maximum atomic E-state index is 12.1. The van der Waals surface area contributed by atoms with Gasteiger partial charge in [-0.15, -0.1) is 0 Å². The Hall–Kier alpha value is -1.69. The number of carboxylic acids is 1. The molecule has 2 rings (SSSR count). The van der Waals surface area contributed by atoms with Gasteiger partial charge in [-0.25, -0.2) is 9.59 Å². The van der Waals surface area contributed by atoms with Crippen LogP contribution in [0.2, 0.25) is 0 Å². The average molecular weight is 308 g/mol.